The van der Waals surface area contributed by atoms with E-state index >= 15 is 0 Å². The third kappa shape index (κ3) is 4.15. The van der Waals surface area contributed by atoms with Crippen LogP contribution in [0.15, 0.2) is 78.1 Å². The number of hydrogen-bond acceptors (Lipinski definition) is 6. The molecule has 1 aliphatic rings. The summed E-state index contributed by atoms with van der Waals surface area (Å²) in [6.45, 7) is 2.91. The molecule has 4 aromatic rings. The first-order valence-corrected chi connectivity index (χ1v) is 12.4. The molecule has 0 atom stereocenters. The van der Waals surface area contributed by atoms with Gasteiger partial charge in [-0.25, -0.2) is 18.4 Å². The second-order valence-corrected chi connectivity index (χ2v) is 10.1. The molecule has 1 fully saturated rings. The first-order valence-electron chi connectivity index (χ1n) is 11.0. The number of rotatable bonds is 4. The Kier molecular flexibility index (Phi) is 5.80. The molecule has 8 nitrogen and oxygen atoms in total. The Morgan fingerprint density at radius 3 is 2.26 bits per heavy atom. The maximum absolute atomic E-state index is 13.4. The molecule has 3 heterocycles. The first-order chi connectivity index (χ1) is 16.4. The molecular weight excluding hydrogens is 450 g/mol. The molecule has 1 amide bonds. The van der Waals surface area contributed by atoms with Gasteiger partial charge >= 0.3 is 0 Å². The molecule has 0 bridgehead atoms. The van der Waals surface area contributed by atoms with Crippen molar-refractivity contribution in [3.63, 3.8) is 0 Å². The van der Waals surface area contributed by atoms with E-state index in [0.717, 1.165) is 16.5 Å². The maximum atomic E-state index is 13.4. The summed E-state index contributed by atoms with van der Waals surface area (Å²) in [5.74, 6) is 0.339. The number of carbonyl (C=O) groups is 1. The Morgan fingerprint density at radius 2 is 1.56 bits per heavy atom. The summed E-state index contributed by atoms with van der Waals surface area (Å²) in [5.41, 5.74) is 2.68. The van der Waals surface area contributed by atoms with Gasteiger partial charge in [-0.15, -0.1) is 0 Å². The molecule has 172 valence electrons. The highest BCUT2D eigenvalue weighted by Gasteiger charge is 2.32. The average Bonchev–Trinajstić information content (AvgIpc) is 2.88. The van der Waals surface area contributed by atoms with Crippen LogP contribution in [-0.4, -0.2) is 64.7 Å². The number of aryl methyl sites for hydroxylation is 1. The molecule has 2 aromatic carbocycles. The van der Waals surface area contributed by atoms with E-state index in [9.17, 15) is 13.2 Å². The summed E-state index contributed by atoms with van der Waals surface area (Å²) in [6.07, 6.45) is 4.71. The molecule has 5 rings (SSSR count). The van der Waals surface area contributed by atoms with Crippen molar-refractivity contribution in [1.82, 2.24) is 24.2 Å². The second-order valence-electron chi connectivity index (χ2n) is 8.20. The fourth-order valence-corrected chi connectivity index (χ4v) is 5.67. The summed E-state index contributed by atoms with van der Waals surface area (Å²) in [7, 11) is -3.74. The molecule has 9 heteroatoms. The van der Waals surface area contributed by atoms with Gasteiger partial charge in [-0.2, -0.15) is 4.31 Å². The summed E-state index contributed by atoms with van der Waals surface area (Å²) in [6, 6.07) is 16.6. The van der Waals surface area contributed by atoms with Crippen molar-refractivity contribution in [2.75, 3.05) is 26.2 Å². The fourth-order valence-electron chi connectivity index (χ4n) is 4.08. The van der Waals surface area contributed by atoms with Crippen molar-refractivity contribution >= 4 is 26.8 Å². The minimum atomic E-state index is -3.74. The highest BCUT2D eigenvalue weighted by atomic mass is 32.2. The Labute approximate surface area is 198 Å². The number of carbonyl (C=O) groups excluding carboxylic acids is 1. The van der Waals surface area contributed by atoms with E-state index in [4.69, 9.17) is 0 Å². The molecule has 0 saturated carbocycles. The van der Waals surface area contributed by atoms with Gasteiger partial charge in [0.05, 0.1) is 11.1 Å². The molecular formula is C25H23N5O3S. The van der Waals surface area contributed by atoms with Crippen LogP contribution in [0.5, 0.6) is 0 Å². The third-order valence-corrected chi connectivity index (χ3v) is 7.82. The summed E-state index contributed by atoms with van der Waals surface area (Å²) >= 11 is 0. The van der Waals surface area contributed by atoms with Crippen LogP contribution in [0.3, 0.4) is 0 Å². The van der Waals surface area contributed by atoms with Crippen LogP contribution in [0.1, 0.15) is 15.9 Å². The van der Waals surface area contributed by atoms with Crippen LogP contribution in [0.4, 0.5) is 0 Å². The molecule has 2 aromatic heterocycles. The zero-order valence-electron chi connectivity index (χ0n) is 18.6. The van der Waals surface area contributed by atoms with Crippen LogP contribution >= 0.6 is 0 Å². The second kappa shape index (κ2) is 8.92. The smallest absolute Gasteiger partial charge is 0.257 e. The van der Waals surface area contributed by atoms with E-state index in [-0.39, 0.29) is 37.0 Å². The van der Waals surface area contributed by atoms with Gasteiger partial charge in [0.2, 0.25) is 10.0 Å². The van der Waals surface area contributed by atoms with Gasteiger partial charge in [0.15, 0.2) is 5.82 Å². The molecule has 1 aliphatic heterocycles. The lowest BCUT2D eigenvalue weighted by Gasteiger charge is -2.34. The van der Waals surface area contributed by atoms with Crippen molar-refractivity contribution in [3.8, 4) is 11.4 Å². The Balaban J connectivity index is 1.29. The van der Waals surface area contributed by atoms with Crippen LogP contribution in [0.25, 0.3) is 22.3 Å². The quantitative estimate of drug-likeness (QED) is 0.452. The van der Waals surface area contributed by atoms with E-state index in [1.54, 1.807) is 23.2 Å². The van der Waals surface area contributed by atoms with Gasteiger partial charge in [-0.1, -0.05) is 42.5 Å². The molecule has 0 spiro atoms. The average molecular weight is 474 g/mol. The lowest BCUT2D eigenvalue weighted by molar-refractivity contribution is 0.0697. The SMILES string of the molecule is Cc1cnc2c(S(=O)(=O)N3CCN(C(=O)c4cnc(-c5ccccc5)nc4)CC3)cccc2c1. The number of hydrogen-bond donors (Lipinski definition) is 0. The number of pyridine rings is 1. The van der Waals surface area contributed by atoms with Crippen molar-refractivity contribution in [2.24, 2.45) is 0 Å². The predicted molar refractivity (Wildman–Crippen MR) is 129 cm³/mol. The van der Waals surface area contributed by atoms with Crippen LogP contribution in [0.2, 0.25) is 0 Å². The highest BCUT2D eigenvalue weighted by Crippen LogP contribution is 2.26. The zero-order valence-corrected chi connectivity index (χ0v) is 19.4. The van der Waals surface area contributed by atoms with E-state index in [1.165, 1.54) is 16.7 Å². The van der Waals surface area contributed by atoms with Crippen molar-refractivity contribution in [3.05, 3.63) is 84.3 Å². The third-order valence-electron chi connectivity index (χ3n) is 5.89. The van der Waals surface area contributed by atoms with Gasteiger partial charge in [0.1, 0.15) is 4.90 Å². The molecule has 1 saturated heterocycles. The predicted octanol–water partition coefficient (Wildman–Crippen LogP) is 3.15. The zero-order chi connectivity index (χ0) is 23.7. The van der Waals surface area contributed by atoms with Gasteiger partial charge in [0, 0.05) is 55.7 Å². The number of fused-ring (bicyclic) bond motifs is 1. The molecule has 0 radical (unpaired) electrons. The van der Waals surface area contributed by atoms with Crippen LogP contribution < -0.4 is 0 Å². The molecule has 0 N–H and O–H groups in total. The molecule has 0 unspecified atom stereocenters. The number of para-hydroxylation sites is 1. The molecule has 0 aliphatic carbocycles. The number of sulfonamides is 1. The van der Waals surface area contributed by atoms with Gasteiger partial charge < -0.3 is 4.90 Å². The lowest BCUT2D eigenvalue weighted by atomic mass is 10.2. The van der Waals surface area contributed by atoms with Crippen LogP contribution in [-0.2, 0) is 10.0 Å². The number of nitrogens with zero attached hydrogens (tertiary/aromatic N) is 5. The van der Waals surface area contributed by atoms with Crippen molar-refractivity contribution in [1.29, 1.82) is 0 Å². The topological polar surface area (TPSA) is 96.4 Å². The van der Waals surface area contributed by atoms with Gasteiger partial charge in [0.25, 0.3) is 5.91 Å². The summed E-state index contributed by atoms with van der Waals surface area (Å²) in [5, 5.41) is 0.786. The van der Waals surface area contributed by atoms with Gasteiger partial charge in [-0.05, 0) is 24.6 Å². The number of amides is 1. The monoisotopic (exact) mass is 473 g/mol. The standard InChI is InChI=1S/C25H23N5O3S/c1-18-14-20-8-5-9-22(23(20)26-15-18)34(32,33)30-12-10-29(11-13-30)25(31)21-16-27-24(28-17-21)19-6-3-2-4-7-19/h2-9,14-17H,10-13H2,1H3. The minimum Gasteiger partial charge on any atom is -0.336 e. The normalized spacial score (nSPS) is 14.9. The van der Waals surface area contributed by atoms with E-state index in [2.05, 4.69) is 15.0 Å². The number of aromatic nitrogens is 3. The maximum Gasteiger partial charge on any atom is 0.257 e. The Morgan fingerprint density at radius 1 is 0.853 bits per heavy atom. The largest absolute Gasteiger partial charge is 0.336 e. The van der Waals surface area contributed by atoms with E-state index < -0.39 is 10.0 Å². The fraction of sp³-hybridized carbons (Fsp3) is 0.200. The van der Waals surface area contributed by atoms with Crippen LogP contribution in [0, 0.1) is 6.92 Å². The minimum absolute atomic E-state index is 0.190. The molecule has 34 heavy (non-hydrogen) atoms. The first kappa shape index (κ1) is 22.1. The summed E-state index contributed by atoms with van der Waals surface area (Å²) < 4.78 is 28.2. The van der Waals surface area contributed by atoms with E-state index in [1.807, 2.05) is 49.4 Å². The Bertz CT molecular complexity index is 1450. The lowest BCUT2D eigenvalue weighted by Crippen LogP contribution is -2.50. The van der Waals surface area contributed by atoms with E-state index in [0.29, 0.717) is 16.9 Å². The summed E-state index contributed by atoms with van der Waals surface area (Å²) in [4.78, 5) is 27.8. The van der Waals surface area contributed by atoms with Crippen molar-refractivity contribution in [2.45, 2.75) is 11.8 Å². The number of benzene rings is 2. The van der Waals surface area contributed by atoms with Crippen molar-refractivity contribution < 1.29 is 13.2 Å². The highest BCUT2D eigenvalue weighted by molar-refractivity contribution is 7.89. The number of piperazine rings is 1. The van der Waals surface area contributed by atoms with Gasteiger partial charge in [-0.3, -0.25) is 9.78 Å². The Hall–Kier alpha value is -3.69.